The van der Waals surface area contributed by atoms with Crippen molar-refractivity contribution in [2.75, 3.05) is 0 Å². The maximum atomic E-state index is 8.88. The van der Waals surface area contributed by atoms with Gasteiger partial charge in [0.05, 0.1) is 24.7 Å². The fourth-order valence-electron chi connectivity index (χ4n) is 1.04. The lowest BCUT2D eigenvalue weighted by atomic mass is 10.5. The van der Waals surface area contributed by atoms with Crippen LogP contribution in [0.1, 0.15) is 5.69 Å². The highest BCUT2D eigenvalue weighted by Crippen LogP contribution is 2.14. The van der Waals surface area contributed by atoms with Crippen molar-refractivity contribution in [3.05, 3.63) is 29.4 Å². The molecule has 0 unspecified atom stereocenters. The average Bonchev–Trinajstić information content (AvgIpc) is 2.49. The Labute approximate surface area is 73.5 Å². The summed E-state index contributed by atoms with van der Waals surface area (Å²) in [6, 6.07) is 0. The molecule has 0 saturated heterocycles. The molecular formula is C7H6ClN3O. The summed E-state index contributed by atoms with van der Waals surface area (Å²) in [6.07, 6.45) is 4.66. The van der Waals surface area contributed by atoms with Crippen molar-refractivity contribution in [2.45, 2.75) is 6.61 Å². The Hall–Kier alpha value is -1.13. The zero-order valence-corrected chi connectivity index (χ0v) is 6.86. The largest absolute Gasteiger partial charge is 0.390 e. The highest BCUT2D eigenvalue weighted by molar-refractivity contribution is 6.33. The molecule has 0 aliphatic rings. The standard InChI is InChI=1S/C7H6ClN3O/c8-6-2-9-4-11-5(3-12)1-10-7(6)11/h1-2,4,12H,3H2. The number of aliphatic hydroxyl groups excluding tert-OH is 1. The molecule has 12 heavy (non-hydrogen) atoms. The van der Waals surface area contributed by atoms with E-state index in [2.05, 4.69) is 9.97 Å². The molecule has 0 radical (unpaired) electrons. The Kier molecular flexibility index (Phi) is 1.71. The Balaban J connectivity index is 2.80. The predicted molar refractivity (Wildman–Crippen MR) is 43.9 cm³/mol. The van der Waals surface area contributed by atoms with Crippen molar-refractivity contribution < 1.29 is 5.11 Å². The van der Waals surface area contributed by atoms with E-state index in [1.165, 1.54) is 6.20 Å². The van der Waals surface area contributed by atoms with Crippen LogP contribution in [0.4, 0.5) is 0 Å². The van der Waals surface area contributed by atoms with Crippen LogP contribution in [0, 0.1) is 0 Å². The number of hydrogen-bond donors (Lipinski definition) is 1. The van der Waals surface area contributed by atoms with E-state index in [1.807, 2.05) is 0 Å². The van der Waals surface area contributed by atoms with Gasteiger partial charge in [-0.3, -0.25) is 4.40 Å². The zero-order valence-electron chi connectivity index (χ0n) is 6.11. The predicted octanol–water partition coefficient (Wildman–Crippen LogP) is 0.875. The third-order valence-electron chi connectivity index (χ3n) is 1.62. The number of fused-ring (bicyclic) bond motifs is 1. The molecule has 0 atom stereocenters. The molecule has 62 valence electrons. The van der Waals surface area contributed by atoms with Gasteiger partial charge in [-0.25, -0.2) is 9.97 Å². The van der Waals surface area contributed by atoms with Gasteiger partial charge in [-0.1, -0.05) is 11.6 Å². The van der Waals surface area contributed by atoms with Gasteiger partial charge < -0.3 is 5.11 Å². The summed E-state index contributed by atoms with van der Waals surface area (Å²) in [5, 5.41) is 9.37. The van der Waals surface area contributed by atoms with Gasteiger partial charge in [0.1, 0.15) is 11.3 Å². The van der Waals surface area contributed by atoms with Crippen molar-refractivity contribution in [1.29, 1.82) is 0 Å². The number of imidazole rings is 1. The quantitative estimate of drug-likeness (QED) is 0.714. The molecule has 0 fully saturated rings. The minimum atomic E-state index is -0.0663. The second-order valence-electron chi connectivity index (χ2n) is 2.34. The van der Waals surface area contributed by atoms with E-state index in [0.29, 0.717) is 16.4 Å². The van der Waals surface area contributed by atoms with Gasteiger partial charge in [0.25, 0.3) is 0 Å². The van der Waals surface area contributed by atoms with Gasteiger partial charge in [0.2, 0.25) is 0 Å². The van der Waals surface area contributed by atoms with E-state index in [0.717, 1.165) is 0 Å². The van der Waals surface area contributed by atoms with Crippen LogP contribution in [-0.2, 0) is 6.61 Å². The summed E-state index contributed by atoms with van der Waals surface area (Å²) in [5.74, 6) is 0. The van der Waals surface area contributed by atoms with Crippen molar-refractivity contribution in [2.24, 2.45) is 0 Å². The highest BCUT2D eigenvalue weighted by Gasteiger charge is 2.04. The Bertz CT molecular complexity index is 412. The van der Waals surface area contributed by atoms with E-state index < -0.39 is 0 Å². The van der Waals surface area contributed by atoms with E-state index in [1.54, 1.807) is 16.9 Å². The van der Waals surface area contributed by atoms with Crippen molar-refractivity contribution in [3.8, 4) is 0 Å². The molecule has 0 bridgehead atoms. The van der Waals surface area contributed by atoms with E-state index in [-0.39, 0.29) is 6.61 Å². The SMILES string of the molecule is OCc1cnc2c(Cl)cncn12. The highest BCUT2D eigenvalue weighted by atomic mass is 35.5. The van der Waals surface area contributed by atoms with Crippen molar-refractivity contribution >= 4 is 17.2 Å². The summed E-state index contributed by atoms with van der Waals surface area (Å²) in [7, 11) is 0. The fourth-order valence-corrected chi connectivity index (χ4v) is 1.24. The molecule has 2 aromatic heterocycles. The lowest BCUT2D eigenvalue weighted by molar-refractivity contribution is 0.275. The minimum absolute atomic E-state index is 0.0663. The van der Waals surface area contributed by atoms with Crippen molar-refractivity contribution in [1.82, 2.24) is 14.4 Å². The summed E-state index contributed by atoms with van der Waals surface area (Å²) in [5.41, 5.74) is 1.30. The number of hydrogen-bond acceptors (Lipinski definition) is 3. The van der Waals surface area contributed by atoms with Crippen LogP contribution in [0.5, 0.6) is 0 Å². The molecule has 2 aromatic rings. The minimum Gasteiger partial charge on any atom is -0.390 e. The molecular weight excluding hydrogens is 178 g/mol. The van der Waals surface area contributed by atoms with E-state index >= 15 is 0 Å². The summed E-state index contributed by atoms with van der Waals surface area (Å²) in [6.45, 7) is -0.0663. The Morgan fingerprint density at radius 2 is 2.33 bits per heavy atom. The summed E-state index contributed by atoms with van der Waals surface area (Å²) >= 11 is 5.80. The van der Waals surface area contributed by atoms with Gasteiger partial charge in [0.15, 0.2) is 5.65 Å². The molecule has 5 heteroatoms. The van der Waals surface area contributed by atoms with Crippen LogP contribution < -0.4 is 0 Å². The van der Waals surface area contributed by atoms with E-state index in [4.69, 9.17) is 16.7 Å². The molecule has 0 aliphatic carbocycles. The molecule has 0 aromatic carbocycles. The first-order valence-electron chi connectivity index (χ1n) is 3.39. The Morgan fingerprint density at radius 3 is 3.08 bits per heavy atom. The second-order valence-corrected chi connectivity index (χ2v) is 2.75. The van der Waals surface area contributed by atoms with Crippen LogP contribution in [0.3, 0.4) is 0 Å². The normalized spacial score (nSPS) is 10.8. The third-order valence-corrected chi connectivity index (χ3v) is 1.89. The first-order chi connectivity index (χ1) is 5.83. The molecule has 0 amide bonds. The number of nitrogens with zero attached hydrogens (tertiary/aromatic N) is 3. The average molecular weight is 184 g/mol. The fraction of sp³-hybridized carbons (Fsp3) is 0.143. The Morgan fingerprint density at radius 1 is 1.50 bits per heavy atom. The van der Waals surface area contributed by atoms with Gasteiger partial charge in [-0.2, -0.15) is 0 Å². The van der Waals surface area contributed by atoms with Crippen LogP contribution in [-0.4, -0.2) is 19.5 Å². The van der Waals surface area contributed by atoms with Crippen LogP contribution in [0.2, 0.25) is 5.02 Å². The maximum Gasteiger partial charge on any atom is 0.158 e. The maximum absolute atomic E-state index is 8.88. The lowest BCUT2D eigenvalue weighted by Crippen LogP contribution is -1.93. The van der Waals surface area contributed by atoms with E-state index in [9.17, 15) is 0 Å². The molecule has 4 nitrogen and oxygen atoms in total. The van der Waals surface area contributed by atoms with Crippen molar-refractivity contribution in [3.63, 3.8) is 0 Å². The number of aromatic nitrogens is 3. The third kappa shape index (κ3) is 0.964. The summed E-state index contributed by atoms with van der Waals surface area (Å²) in [4.78, 5) is 7.89. The monoisotopic (exact) mass is 183 g/mol. The van der Waals surface area contributed by atoms with Gasteiger partial charge in [0, 0.05) is 0 Å². The zero-order chi connectivity index (χ0) is 8.55. The topological polar surface area (TPSA) is 50.4 Å². The molecule has 0 aliphatic heterocycles. The first-order valence-corrected chi connectivity index (χ1v) is 3.77. The van der Waals surface area contributed by atoms with Crippen LogP contribution in [0.25, 0.3) is 5.65 Å². The number of rotatable bonds is 1. The van der Waals surface area contributed by atoms with Crippen LogP contribution >= 0.6 is 11.6 Å². The first kappa shape index (κ1) is 7.52. The van der Waals surface area contributed by atoms with Crippen LogP contribution in [0.15, 0.2) is 18.7 Å². The molecule has 1 N–H and O–H groups in total. The van der Waals surface area contributed by atoms with Gasteiger partial charge >= 0.3 is 0 Å². The van der Waals surface area contributed by atoms with Gasteiger partial charge in [-0.15, -0.1) is 0 Å². The molecule has 2 rings (SSSR count). The summed E-state index contributed by atoms with van der Waals surface area (Å²) < 4.78 is 1.66. The number of halogens is 1. The second kappa shape index (κ2) is 2.73. The molecule has 0 saturated carbocycles. The smallest absolute Gasteiger partial charge is 0.158 e. The lowest BCUT2D eigenvalue weighted by Gasteiger charge is -1.96. The number of aliphatic hydroxyl groups is 1. The van der Waals surface area contributed by atoms with Gasteiger partial charge in [-0.05, 0) is 0 Å². The molecule has 2 heterocycles. The molecule has 0 spiro atoms.